The zero-order valence-electron chi connectivity index (χ0n) is 8.44. The lowest BCUT2D eigenvalue weighted by Crippen LogP contribution is -1.98. The van der Waals surface area contributed by atoms with Gasteiger partial charge in [-0.15, -0.1) is 0 Å². The molecule has 2 rings (SSSR count). The number of anilines is 1. The number of benzene rings is 1. The summed E-state index contributed by atoms with van der Waals surface area (Å²) >= 11 is 21.0. The summed E-state index contributed by atoms with van der Waals surface area (Å²) in [4.78, 5) is 0. The minimum Gasteiger partial charge on any atom is -0.452 e. The molecule has 90 valence electrons. The van der Waals surface area contributed by atoms with Gasteiger partial charge in [-0.3, -0.25) is 0 Å². The molecule has 1 N–H and O–H groups in total. The van der Waals surface area contributed by atoms with E-state index in [0.717, 1.165) is 5.76 Å². The first-order valence-corrected chi connectivity index (χ1v) is 6.61. The highest BCUT2D eigenvalue weighted by Crippen LogP contribution is 2.32. The summed E-state index contributed by atoms with van der Waals surface area (Å²) in [6.07, 6.45) is 0. The maximum Gasteiger partial charge on any atom is 0.169 e. The van der Waals surface area contributed by atoms with Gasteiger partial charge in [0, 0.05) is 0 Å². The second-order valence-electron chi connectivity index (χ2n) is 3.31. The van der Waals surface area contributed by atoms with Gasteiger partial charge in [-0.2, -0.15) is 0 Å². The summed E-state index contributed by atoms with van der Waals surface area (Å²) in [5, 5.41) is 4.53. The molecule has 0 unspecified atom stereocenters. The molecule has 0 saturated heterocycles. The van der Waals surface area contributed by atoms with Crippen molar-refractivity contribution in [2.75, 3.05) is 5.32 Å². The van der Waals surface area contributed by atoms with Crippen molar-refractivity contribution in [2.24, 2.45) is 0 Å². The van der Waals surface area contributed by atoms with Crippen molar-refractivity contribution in [3.63, 3.8) is 0 Å². The summed E-state index contributed by atoms with van der Waals surface area (Å²) < 4.78 is 6.04. The van der Waals surface area contributed by atoms with Gasteiger partial charge in [-0.05, 0) is 40.2 Å². The quantitative estimate of drug-likeness (QED) is 0.724. The van der Waals surface area contributed by atoms with Gasteiger partial charge in [0.15, 0.2) is 4.67 Å². The fourth-order valence-electron chi connectivity index (χ4n) is 1.29. The van der Waals surface area contributed by atoms with Crippen LogP contribution < -0.4 is 5.32 Å². The van der Waals surface area contributed by atoms with Gasteiger partial charge in [0.2, 0.25) is 0 Å². The van der Waals surface area contributed by atoms with Crippen LogP contribution in [0.25, 0.3) is 0 Å². The van der Waals surface area contributed by atoms with Gasteiger partial charge in [0.05, 0.1) is 27.3 Å². The van der Waals surface area contributed by atoms with Crippen molar-refractivity contribution in [1.29, 1.82) is 0 Å². The minimum absolute atomic E-state index is 0.433. The van der Waals surface area contributed by atoms with Crippen LogP contribution >= 0.6 is 50.7 Å². The van der Waals surface area contributed by atoms with Crippen LogP contribution in [0.5, 0.6) is 0 Å². The number of hydrogen-bond donors (Lipinski definition) is 1. The molecular formula is C11H7BrCl3NO. The molecule has 0 atom stereocenters. The molecule has 17 heavy (non-hydrogen) atoms. The van der Waals surface area contributed by atoms with Gasteiger partial charge in [0.25, 0.3) is 0 Å². The third-order valence-corrected chi connectivity index (χ3v) is 3.55. The van der Waals surface area contributed by atoms with Crippen LogP contribution in [-0.2, 0) is 6.54 Å². The van der Waals surface area contributed by atoms with Gasteiger partial charge >= 0.3 is 0 Å². The van der Waals surface area contributed by atoms with E-state index in [-0.39, 0.29) is 0 Å². The lowest BCUT2D eigenvalue weighted by Gasteiger charge is -2.08. The Labute approximate surface area is 122 Å². The monoisotopic (exact) mass is 353 g/mol. The predicted octanol–water partition coefficient (Wildman–Crippen LogP) is 5.61. The van der Waals surface area contributed by atoms with Gasteiger partial charge < -0.3 is 9.73 Å². The van der Waals surface area contributed by atoms with Crippen LogP contribution in [0.3, 0.4) is 0 Å². The van der Waals surface area contributed by atoms with Crippen LogP contribution in [0.1, 0.15) is 5.76 Å². The molecule has 2 aromatic rings. The molecule has 0 saturated carbocycles. The average Bonchev–Trinajstić information content (AvgIpc) is 2.68. The first-order chi connectivity index (χ1) is 8.06. The first-order valence-electron chi connectivity index (χ1n) is 4.69. The molecule has 0 aliphatic rings. The normalized spacial score (nSPS) is 10.6. The first kappa shape index (κ1) is 13.1. The third-order valence-electron chi connectivity index (χ3n) is 2.09. The van der Waals surface area contributed by atoms with Gasteiger partial charge in [-0.1, -0.05) is 34.8 Å². The second kappa shape index (κ2) is 5.53. The summed E-state index contributed by atoms with van der Waals surface area (Å²) in [5.41, 5.74) is 0.716. The van der Waals surface area contributed by atoms with E-state index in [1.165, 1.54) is 0 Å². The number of halogens is 4. The summed E-state index contributed by atoms with van der Waals surface area (Å²) in [5.74, 6) is 0.791. The van der Waals surface area contributed by atoms with E-state index in [4.69, 9.17) is 39.2 Å². The Kier molecular flexibility index (Phi) is 4.26. The second-order valence-corrected chi connectivity index (χ2v) is 5.31. The van der Waals surface area contributed by atoms with Crippen LogP contribution in [-0.4, -0.2) is 0 Å². The smallest absolute Gasteiger partial charge is 0.169 e. The van der Waals surface area contributed by atoms with Crippen molar-refractivity contribution in [1.82, 2.24) is 0 Å². The standard InChI is InChI=1S/C11H7BrCl3NO/c12-11-2-1-6(17-11)5-16-10-4-8(14)7(13)3-9(10)15/h1-4,16H,5H2. The molecule has 0 amide bonds. The fourth-order valence-corrected chi connectivity index (χ4v) is 2.24. The molecule has 0 fully saturated rings. The Morgan fingerprint density at radius 2 is 1.76 bits per heavy atom. The van der Waals surface area contributed by atoms with Gasteiger partial charge in [0.1, 0.15) is 5.76 Å². The molecule has 1 aromatic carbocycles. The van der Waals surface area contributed by atoms with E-state index in [1.807, 2.05) is 12.1 Å². The Morgan fingerprint density at radius 3 is 2.41 bits per heavy atom. The van der Waals surface area contributed by atoms with E-state index in [0.29, 0.717) is 32.0 Å². The summed E-state index contributed by atoms with van der Waals surface area (Å²) in [6, 6.07) is 6.98. The predicted molar refractivity (Wildman–Crippen MR) is 75.2 cm³/mol. The average molecular weight is 355 g/mol. The molecule has 2 nitrogen and oxygen atoms in total. The van der Waals surface area contributed by atoms with Crippen molar-refractivity contribution >= 4 is 56.4 Å². The van der Waals surface area contributed by atoms with Crippen LogP contribution in [0.4, 0.5) is 5.69 Å². The topological polar surface area (TPSA) is 25.2 Å². The van der Waals surface area contributed by atoms with Crippen molar-refractivity contribution in [2.45, 2.75) is 6.54 Å². The lowest BCUT2D eigenvalue weighted by molar-refractivity contribution is 0.495. The van der Waals surface area contributed by atoms with E-state index >= 15 is 0 Å². The summed E-state index contributed by atoms with van der Waals surface area (Å²) in [7, 11) is 0. The zero-order chi connectivity index (χ0) is 12.4. The Morgan fingerprint density at radius 1 is 1.06 bits per heavy atom. The van der Waals surface area contributed by atoms with Gasteiger partial charge in [-0.25, -0.2) is 0 Å². The molecule has 0 aliphatic heterocycles. The van der Waals surface area contributed by atoms with E-state index in [1.54, 1.807) is 12.1 Å². The largest absolute Gasteiger partial charge is 0.452 e. The maximum absolute atomic E-state index is 6.03. The SMILES string of the molecule is Clc1cc(Cl)c(NCc2ccc(Br)o2)cc1Cl. The highest BCUT2D eigenvalue weighted by molar-refractivity contribution is 9.10. The highest BCUT2D eigenvalue weighted by atomic mass is 79.9. The third kappa shape index (κ3) is 3.32. The molecule has 1 heterocycles. The zero-order valence-corrected chi connectivity index (χ0v) is 12.3. The van der Waals surface area contributed by atoms with Crippen molar-refractivity contribution < 1.29 is 4.42 Å². The fraction of sp³-hybridized carbons (Fsp3) is 0.0909. The van der Waals surface area contributed by atoms with E-state index in [9.17, 15) is 0 Å². The lowest BCUT2D eigenvalue weighted by atomic mass is 10.3. The number of furan rings is 1. The van der Waals surface area contributed by atoms with E-state index in [2.05, 4.69) is 21.2 Å². The number of rotatable bonds is 3. The maximum atomic E-state index is 6.03. The highest BCUT2D eigenvalue weighted by Gasteiger charge is 2.06. The Hall–Kier alpha value is -0.350. The number of nitrogens with one attached hydrogen (secondary N) is 1. The number of hydrogen-bond acceptors (Lipinski definition) is 2. The summed E-state index contributed by atoms with van der Waals surface area (Å²) in [6.45, 7) is 0.517. The van der Waals surface area contributed by atoms with E-state index < -0.39 is 0 Å². The molecular weight excluding hydrogens is 348 g/mol. The van der Waals surface area contributed by atoms with Crippen molar-refractivity contribution in [3.8, 4) is 0 Å². The van der Waals surface area contributed by atoms with Crippen LogP contribution in [0.15, 0.2) is 33.4 Å². The molecule has 1 aromatic heterocycles. The molecule has 0 bridgehead atoms. The van der Waals surface area contributed by atoms with Crippen molar-refractivity contribution in [3.05, 3.63) is 49.8 Å². The molecule has 6 heteroatoms. The Balaban J connectivity index is 2.11. The van der Waals surface area contributed by atoms with Crippen LogP contribution in [0.2, 0.25) is 15.1 Å². The Bertz CT molecular complexity index is 542. The van der Waals surface area contributed by atoms with Crippen LogP contribution in [0, 0.1) is 0 Å². The molecule has 0 radical (unpaired) electrons. The molecule has 0 aliphatic carbocycles. The minimum atomic E-state index is 0.433. The molecule has 0 spiro atoms.